The van der Waals surface area contributed by atoms with E-state index in [9.17, 15) is 9.59 Å². The average molecular weight is 309 g/mol. The summed E-state index contributed by atoms with van der Waals surface area (Å²) in [7, 11) is 3.18. The number of para-hydroxylation sites is 1. The van der Waals surface area contributed by atoms with Crippen LogP contribution in [0.15, 0.2) is 63.8 Å². The first-order valence-electron chi connectivity index (χ1n) is 7.05. The zero-order chi connectivity index (χ0) is 16.4. The number of hydrogen-bond donors (Lipinski definition) is 0. The van der Waals surface area contributed by atoms with E-state index in [2.05, 4.69) is 0 Å². The third-order valence-electron chi connectivity index (χ3n) is 3.64. The molecule has 1 aromatic heterocycles. The Bertz CT molecular complexity index is 912. The highest BCUT2D eigenvalue weighted by Gasteiger charge is 2.19. The number of ether oxygens (including phenoxy) is 1. The van der Waals surface area contributed by atoms with Crippen LogP contribution in [0.25, 0.3) is 11.0 Å². The first-order chi connectivity index (χ1) is 11.1. The summed E-state index contributed by atoms with van der Waals surface area (Å²) in [5, 5.41) is 0.707. The lowest BCUT2D eigenvalue weighted by atomic mass is 10.1. The van der Waals surface area contributed by atoms with E-state index in [1.54, 1.807) is 62.7 Å². The maximum absolute atomic E-state index is 12.6. The van der Waals surface area contributed by atoms with Crippen LogP contribution in [0.2, 0.25) is 0 Å². The van der Waals surface area contributed by atoms with Crippen LogP contribution in [0.4, 0.5) is 5.69 Å². The molecule has 0 bridgehead atoms. The van der Waals surface area contributed by atoms with Gasteiger partial charge >= 0.3 is 5.63 Å². The maximum Gasteiger partial charge on any atom is 0.349 e. The number of benzene rings is 2. The molecule has 0 saturated carbocycles. The van der Waals surface area contributed by atoms with Gasteiger partial charge < -0.3 is 14.1 Å². The van der Waals surface area contributed by atoms with E-state index < -0.39 is 11.5 Å². The van der Waals surface area contributed by atoms with Gasteiger partial charge in [0.15, 0.2) is 0 Å². The number of methoxy groups -OCH3 is 1. The molecule has 0 atom stereocenters. The maximum atomic E-state index is 12.6. The van der Waals surface area contributed by atoms with Crippen molar-refractivity contribution in [2.75, 3.05) is 19.1 Å². The van der Waals surface area contributed by atoms with E-state index >= 15 is 0 Å². The van der Waals surface area contributed by atoms with Crippen LogP contribution in [0, 0.1) is 0 Å². The summed E-state index contributed by atoms with van der Waals surface area (Å²) in [5.74, 6) is 0.273. The van der Waals surface area contributed by atoms with Gasteiger partial charge in [0.2, 0.25) is 0 Å². The molecular weight excluding hydrogens is 294 g/mol. The SMILES string of the molecule is COc1ccc(N(C)C(=O)c2cc3ccccc3oc2=O)cc1. The second-order valence-corrected chi connectivity index (χ2v) is 5.05. The van der Waals surface area contributed by atoms with E-state index in [1.807, 2.05) is 6.07 Å². The Labute approximate surface area is 132 Å². The quantitative estimate of drug-likeness (QED) is 0.698. The minimum absolute atomic E-state index is 0.00187. The number of hydrogen-bond acceptors (Lipinski definition) is 4. The third-order valence-corrected chi connectivity index (χ3v) is 3.64. The van der Waals surface area contributed by atoms with Gasteiger partial charge in [0.05, 0.1) is 7.11 Å². The van der Waals surface area contributed by atoms with Crippen molar-refractivity contribution >= 4 is 22.6 Å². The monoisotopic (exact) mass is 309 g/mol. The van der Waals surface area contributed by atoms with Gasteiger partial charge in [-0.2, -0.15) is 0 Å². The highest BCUT2D eigenvalue weighted by molar-refractivity contribution is 6.06. The van der Waals surface area contributed by atoms with Gasteiger partial charge in [-0.25, -0.2) is 4.79 Å². The highest BCUT2D eigenvalue weighted by atomic mass is 16.5. The number of carbonyl (C=O) groups is 1. The molecule has 3 aromatic rings. The standard InChI is InChI=1S/C18H15NO4/c1-19(13-7-9-14(22-2)10-8-13)17(20)15-11-12-5-3-4-6-16(12)23-18(15)21/h3-11H,1-2H3. The molecule has 0 N–H and O–H groups in total. The van der Waals surface area contributed by atoms with Crippen LogP contribution in [-0.4, -0.2) is 20.1 Å². The largest absolute Gasteiger partial charge is 0.497 e. The fourth-order valence-electron chi connectivity index (χ4n) is 2.31. The Morgan fingerprint density at radius 2 is 1.78 bits per heavy atom. The van der Waals surface area contributed by atoms with E-state index in [4.69, 9.17) is 9.15 Å². The molecule has 0 fully saturated rings. The molecule has 0 aliphatic carbocycles. The Balaban J connectivity index is 1.98. The Morgan fingerprint density at radius 3 is 2.48 bits per heavy atom. The lowest BCUT2D eigenvalue weighted by molar-refractivity contribution is 0.0989. The van der Waals surface area contributed by atoms with Crippen LogP contribution >= 0.6 is 0 Å². The Hall–Kier alpha value is -3.08. The second-order valence-electron chi connectivity index (χ2n) is 5.05. The van der Waals surface area contributed by atoms with Crippen molar-refractivity contribution in [1.29, 1.82) is 0 Å². The minimum Gasteiger partial charge on any atom is -0.497 e. The number of rotatable bonds is 3. The molecule has 116 valence electrons. The molecule has 0 radical (unpaired) electrons. The van der Waals surface area contributed by atoms with Crippen LogP contribution < -0.4 is 15.3 Å². The highest BCUT2D eigenvalue weighted by Crippen LogP contribution is 2.20. The topological polar surface area (TPSA) is 59.8 Å². The van der Waals surface area contributed by atoms with Crippen LogP contribution in [0.5, 0.6) is 5.75 Å². The number of fused-ring (bicyclic) bond motifs is 1. The van der Waals surface area contributed by atoms with E-state index in [0.717, 1.165) is 0 Å². The van der Waals surface area contributed by atoms with Gasteiger partial charge in [0.25, 0.3) is 5.91 Å². The van der Waals surface area contributed by atoms with Crippen molar-refractivity contribution in [3.63, 3.8) is 0 Å². The molecule has 0 spiro atoms. The predicted octanol–water partition coefficient (Wildman–Crippen LogP) is 3.08. The minimum atomic E-state index is -0.644. The molecule has 0 aliphatic rings. The van der Waals surface area contributed by atoms with Crippen molar-refractivity contribution in [2.24, 2.45) is 0 Å². The van der Waals surface area contributed by atoms with E-state index in [-0.39, 0.29) is 5.56 Å². The summed E-state index contributed by atoms with van der Waals surface area (Å²) in [6.45, 7) is 0. The smallest absolute Gasteiger partial charge is 0.349 e. The summed E-state index contributed by atoms with van der Waals surface area (Å²) >= 11 is 0. The Kier molecular flexibility index (Phi) is 3.85. The molecule has 1 amide bonds. The molecule has 23 heavy (non-hydrogen) atoms. The molecule has 3 rings (SSSR count). The second kappa shape index (κ2) is 5.96. The summed E-state index contributed by atoms with van der Waals surface area (Å²) in [6, 6.07) is 15.6. The van der Waals surface area contributed by atoms with Crippen molar-refractivity contribution in [1.82, 2.24) is 0 Å². The van der Waals surface area contributed by atoms with Gasteiger partial charge in [0.1, 0.15) is 16.9 Å². The Morgan fingerprint density at radius 1 is 1.09 bits per heavy atom. The van der Waals surface area contributed by atoms with Crippen LogP contribution in [-0.2, 0) is 0 Å². The normalized spacial score (nSPS) is 10.5. The fraction of sp³-hybridized carbons (Fsp3) is 0.111. The molecule has 5 nitrogen and oxygen atoms in total. The summed E-state index contributed by atoms with van der Waals surface area (Å²) in [5.41, 5.74) is 0.473. The summed E-state index contributed by atoms with van der Waals surface area (Å²) in [6.07, 6.45) is 0. The molecular formula is C18H15NO4. The molecule has 0 aliphatic heterocycles. The van der Waals surface area contributed by atoms with Gasteiger partial charge in [-0.1, -0.05) is 18.2 Å². The third kappa shape index (κ3) is 2.81. The predicted molar refractivity (Wildman–Crippen MR) is 88.2 cm³/mol. The number of carbonyl (C=O) groups excluding carboxylic acids is 1. The molecule has 5 heteroatoms. The number of amides is 1. The van der Waals surface area contributed by atoms with Crippen LogP contribution in [0.3, 0.4) is 0 Å². The number of nitrogens with zero attached hydrogens (tertiary/aromatic N) is 1. The molecule has 2 aromatic carbocycles. The van der Waals surface area contributed by atoms with Gasteiger partial charge in [-0.05, 0) is 36.4 Å². The summed E-state index contributed by atoms with van der Waals surface area (Å²) < 4.78 is 10.3. The van der Waals surface area contributed by atoms with Crippen molar-refractivity contribution in [2.45, 2.75) is 0 Å². The molecule has 1 heterocycles. The first-order valence-corrected chi connectivity index (χ1v) is 7.05. The van der Waals surface area contributed by atoms with Gasteiger partial charge in [-0.3, -0.25) is 4.79 Å². The van der Waals surface area contributed by atoms with Crippen molar-refractivity contribution < 1.29 is 13.9 Å². The zero-order valence-electron chi connectivity index (χ0n) is 12.8. The van der Waals surface area contributed by atoms with Gasteiger partial charge in [0, 0.05) is 18.1 Å². The lowest BCUT2D eigenvalue weighted by Crippen LogP contribution is -2.30. The van der Waals surface area contributed by atoms with Gasteiger partial charge in [-0.15, -0.1) is 0 Å². The van der Waals surface area contributed by atoms with Crippen molar-refractivity contribution in [3.05, 3.63) is 70.6 Å². The number of anilines is 1. The fourth-order valence-corrected chi connectivity index (χ4v) is 2.31. The zero-order valence-corrected chi connectivity index (χ0v) is 12.8. The summed E-state index contributed by atoms with van der Waals surface area (Å²) in [4.78, 5) is 26.1. The van der Waals surface area contributed by atoms with E-state index in [0.29, 0.717) is 22.4 Å². The van der Waals surface area contributed by atoms with Crippen molar-refractivity contribution in [3.8, 4) is 5.75 Å². The molecule has 0 saturated heterocycles. The average Bonchev–Trinajstić information content (AvgIpc) is 2.60. The first kappa shape index (κ1) is 14.8. The lowest BCUT2D eigenvalue weighted by Gasteiger charge is -2.17. The van der Waals surface area contributed by atoms with E-state index in [1.165, 1.54) is 4.90 Å². The van der Waals surface area contributed by atoms with Crippen LogP contribution in [0.1, 0.15) is 10.4 Å². The molecule has 0 unspecified atom stereocenters.